The third-order valence-electron chi connectivity index (χ3n) is 6.03. The molecule has 1 aromatic rings. The Labute approximate surface area is 169 Å². The Morgan fingerprint density at radius 2 is 1.71 bits per heavy atom. The normalized spacial score (nSPS) is 23.8. The largest absolute Gasteiger partial charge is 0.481 e. The van der Waals surface area contributed by atoms with Gasteiger partial charge in [-0.15, -0.1) is 0 Å². The summed E-state index contributed by atoms with van der Waals surface area (Å²) in [5, 5.41) is 9.97. The number of carbonyl (C=O) groups excluding carboxylic acids is 1. The van der Waals surface area contributed by atoms with Gasteiger partial charge in [0.2, 0.25) is 5.91 Å². The van der Waals surface area contributed by atoms with Gasteiger partial charge in [0.15, 0.2) is 0 Å². The van der Waals surface area contributed by atoms with Crippen LogP contribution in [0.3, 0.4) is 0 Å². The highest BCUT2D eigenvalue weighted by atomic mass is 35.5. The van der Waals surface area contributed by atoms with Crippen LogP contribution < -0.4 is 0 Å². The Bertz CT molecular complexity index is 783. The minimum atomic E-state index is -0.905. The number of allylic oxidation sites excluding steroid dienone is 2. The van der Waals surface area contributed by atoms with E-state index in [4.69, 9.17) is 11.6 Å². The molecule has 1 aliphatic carbocycles. The van der Waals surface area contributed by atoms with Crippen LogP contribution in [0.25, 0.3) is 0 Å². The second-order valence-corrected chi connectivity index (χ2v) is 8.23. The Morgan fingerprint density at radius 3 is 2.29 bits per heavy atom. The molecule has 0 saturated carbocycles. The first-order valence-corrected chi connectivity index (χ1v) is 9.97. The van der Waals surface area contributed by atoms with Gasteiger partial charge in [-0.3, -0.25) is 14.5 Å². The fourth-order valence-electron chi connectivity index (χ4n) is 4.08. The standard InChI is InChI=1S/C21H26ClFN2O3/c1-13-10-15(16(21(27)28)11-14(13)2)20(26)25-8-6-24(7-9-25)12-17-18(22)4-3-5-19(17)23/h3-5,15-16H,6-12H2,1-2H3,(H,27,28)/t15-,16+/m1/s1. The molecule has 2 aliphatic rings. The zero-order chi connectivity index (χ0) is 20.4. The molecule has 1 aliphatic heterocycles. The summed E-state index contributed by atoms with van der Waals surface area (Å²) in [6.45, 7) is 6.55. The van der Waals surface area contributed by atoms with Crippen molar-refractivity contribution in [2.45, 2.75) is 33.2 Å². The fourth-order valence-corrected chi connectivity index (χ4v) is 4.30. The maximum absolute atomic E-state index is 14.0. The highest BCUT2D eigenvalue weighted by Gasteiger charge is 2.39. The quantitative estimate of drug-likeness (QED) is 0.774. The number of carboxylic acid groups (broad SMARTS) is 1. The van der Waals surface area contributed by atoms with Crippen molar-refractivity contribution in [3.05, 3.63) is 45.7 Å². The van der Waals surface area contributed by atoms with E-state index in [0.717, 1.165) is 11.1 Å². The summed E-state index contributed by atoms with van der Waals surface area (Å²) in [7, 11) is 0. The van der Waals surface area contributed by atoms with Crippen molar-refractivity contribution < 1.29 is 19.1 Å². The maximum atomic E-state index is 14.0. The van der Waals surface area contributed by atoms with Crippen LogP contribution in [0, 0.1) is 17.7 Å². The molecule has 0 bridgehead atoms. The second kappa shape index (κ2) is 8.62. The predicted molar refractivity (Wildman–Crippen MR) is 105 cm³/mol. The fraction of sp³-hybridized carbons (Fsp3) is 0.524. The minimum absolute atomic E-state index is 0.0807. The van der Waals surface area contributed by atoms with E-state index in [1.807, 2.05) is 13.8 Å². The van der Waals surface area contributed by atoms with Gasteiger partial charge in [-0.1, -0.05) is 28.8 Å². The van der Waals surface area contributed by atoms with Crippen molar-refractivity contribution in [1.29, 1.82) is 0 Å². The van der Waals surface area contributed by atoms with Crippen molar-refractivity contribution in [2.24, 2.45) is 11.8 Å². The molecule has 1 fully saturated rings. The molecule has 0 spiro atoms. The Hall–Kier alpha value is -1.92. The summed E-state index contributed by atoms with van der Waals surface area (Å²) < 4.78 is 14.0. The van der Waals surface area contributed by atoms with Crippen LogP contribution in [0.2, 0.25) is 5.02 Å². The van der Waals surface area contributed by atoms with Crippen LogP contribution in [-0.2, 0) is 16.1 Å². The molecule has 0 aromatic heterocycles. The summed E-state index contributed by atoms with van der Waals surface area (Å²) in [4.78, 5) is 28.5. The predicted octanol–water partition coefficient (Wildman–Crippen LogP) is 3.57. The van der Waals surface area contributed by atoms with E-state index in [1.54, 1.807) is 17.0 Å². The third kappa shape index (κ3) is 4.39. The van der Waals surface area contributed by atoms with Gasteiger partial charge in [0.1, 0.15) is 5.82 Å². The number of rotatable bonds is 4. The second-order valence-electron chi connectivity index (χ2n) is 7.82. The van der Waals surface area contributed by atoms with Gasteiger partial charge in [0.25, 0.3) is 0 Å². The van der Waals surface area contributed by atoms with Gasteiger partial charge in [0, 0.05) is 43.3 Å². The molecule has 1 aromatic carbocycles. The van der Waals surface area contributed by atoms with Gasteiger partial charge in [0.05, 0.1) is 11.8 Å². The molecule has 152 valence electrons. The number of nitrogens with zero attached hydrogens (tertiary/aromatic N) is 2. The maximum Gasteiger partial charge on any atom is 0.307 e. The minimum Gasteiger partial charge on any atom is -0.481 e. The molecule has 28 heavy (non-hydrogen) atoms. The molecule has 3 rings (SSSR count). The van der Waals surface area contributed by atoms with Gasteiger partial charge in [-0.05, 0) is 38.8 Å². The highest BCUT2D eigenvalue weighted by Crippen LogP contribution is 2.35. The van der Waals surface area contributed by atoms with Gasteiger partial charge >= 0.3 is 5.97 Å². The summed E-state index contributed by atoms with van der Waals surface area (Å²) in [5.41, 5.74) is 2.66. The van der Waals surface area contributed by atoms with Crippen molar-refractivity contribution in [2.75, 3.05) is 26.2 Å². The smallest absolute Gasteiger partial charge is 0.307 e. The van der Waals surface area contributed by atoms with E-state index in [1.165, 1.54) is 6.07 Å². The number of benzene rings is 1. The number of hydrogen-bond acceptors (Lipinski definition) is 3. The number of hydrogen-bond donors (Lipinski definition) is 1. The first-order chi connectivity index (χ1) is 13.3. The SMILES string of the molecule is CC1=C(C)C[C@@H](C(=O)N2CCN(Cc3c(F)cccc3Cl)CC2)[C@@H](C(=O)O)C1. The molecular weight excluding hydrogens is 383 g/mol. The molecule has 0 unspecified atom stereocenters. The van der Waals surface area contributed by atoms with Crippen molar-refractivity contribution in [3.8, 4) is 0 Å². The van der Waals surface area contributed by atoms with Crippen LogP contribution in [0.5, 0.6) is 0 Å². The number of piperazine rings is 1. The van der Waals surface area contributed by atoms with Crippen molar-refractivity contribution in [3.63, 3.8) is 0 Å². The lowest BCUT2D eigenvalue weighted by Gasteiger charge is -2.39. The number of carbonyl (C=O) groups is 2. The average Bonchev–Trinajstić information content (AvgIpc) is 2.66. The topological polar surface area (TPSA) is 60.9 Å². The van der Waals surface area contributed by atoms with E-state index in [0.29, 0.717) is 56.2 Å². The van der Waals surface area contributed by atoms with Crippen LogP contribution >= 0.6 is 11.6 Å². The molecular formula is C21H26ClFN2O3. The lowest BCUT2D eigenvalue weighted by atomic mass is 9.76. The summed E-state index contributed by atoms with van der Waals surface area (Å²) in [5.74, 6) is -2.48. The monoisotopic (exact) mass is 408 g/mol. The van der Waals surface area contributed by atoms with Crippen LogP contribution in [-0.4, -0.2) is 53.0 Å². The number of carboxylic acids is 1. The van der Waals surface area contributed by atoms with Gasteiger partial charge < -0.3 is 10.0 Å². The first kappa shape index (κ1) is 20.8. The number of aliphatic carboxylic acids is 1. The summed E-state index contributed by atoms with van der Waals surface area (Å²) in [6.07, 6.45) is 0.940. The van der Waals surface area contributed by atoms with Crippen LogP contribution in [0.1, 0.15) is 32.3 Å². The number of amides is 1. The van der Waals surface area contributed by atoms with E-state index in [2.05, 4.69) is 4.90 Å². The summed E-state index contributed by atoms with van der Waals surface area (Å²) >= 11 is 6.11. The molecule has 0 radical (unpaired) electrons. The summed E-state index contributed by atoms with van der Waals surface area (Å²) in [6, 6.07) is 4.65. The lowest BCUT2D eigenvalue weighted by molar-refractivity contribution is -0.151. The molecule has 1 heterocycles. The molecule has 2 atom stereocenters. The highest BCUT2D eigenvalue weighted by molar-refractivity contribution is 6.31. The zero-order valence-corrected chi connectivity index (χ0v) is 17.0. The van der Waals surface area contributed by atoms with E-state index in [-0.39, 0.29) is 11.7 Å². The molecule has 1 amide bonds. The first-order valence-electron chi connectivity index (χ1n) is 9.60. The Kier molecular flexibility index (Phi) is 6.40. The Morgan fingerprint density at radius 1 is 1.11 bits per heavy atom. The molecule has 5 nitrogen and oxygen atoms in total. The van der Waals surface area contributed by atoms with Crippen LogP contribution in [0.15, 0.2) is 29.3 Å². The van der Waals surface area contributed by atoms with Crippen molar-refractivity contribution in [1.82, 2.24) is 9.80 Å². The number of halogens is 2. The van der Waals surface area contributed by atoms with E-state index >= 15 is 0 Å². The molecule has 1 saturated heterocycles. The van der Waals surface area contributed by atoms with Crippen molar-refractivity contribution >= 4 is 23.5 Å². The Balaban J connectivity index is 1.63. The average molecular weight is 409 g/mol. The van der Waals surface area contributed by atoms with E-state index in [9.17, 15) is 19.1 Å². The zero-order valence-electron chi connectivity index (χ0n) is 16.3. The van der Waals surface area contributed by atoms with Gasteiger partial charge in [-0.25, -0.2) is 4.39 Å². The van der Waals surface area contributed by atoms with Crippen LogP contribution in [0.4, 0.5) is 4.39 Å². The third-order valence-corrected chi connectivity index (χ3v) is 6.38. The lowest BCUT2D eigenvalue weighted by Crippen LogP contribution is -2.51. The van der Waals surface area contributed by atoms with E-state index < -0.39 is 17.8 Å². The molecule has 1 N–H and O–H groups in total. The molecule has 7 heteroatoms. The van der Waals surface area contributed by atoms with Gasteiger partial charge in [-0.2, -0.15) is 0 Å².